The van der Waals surface area contributed by atoms with Gasteiger partial charge in [-0.15, -0.1) is 0 Å². The van der Waals surface area contributed by atoms with E-state index in [-0.39, 0.29) is 0 Å². The average molecular weight is 726 g/mol. The number of benzene rings is 8. The van der Waals surface area contributed by atoms with E-state index in [0.29, 0.717) is 39.2 Å². The van der Waals surface area contributed by atoms with Gasteiger partial charge in [-0.3, -0.25) is 0 Å². The molecule has 12 rings (SSSR count). The van der Waals surface area contributed by atoms with E-state index < -0.39 is 11.6 Å². The van der Waals surface area contributed by atoms with Crippen molar-refractivity contribution in [2.24, 2.45) is 0 Å². The predicted octanol–water partition coefficient (Wildman–Crippen LogP) is 13.5. The number of nitrogens with zero attached hydrogens (tertiary/aromatic N) is 3. The highest BCUT2D eigenvalue weighted by atomic mass is 19.1. The molecule has 0 bridgehead atoms. The number of hydrogen-bond donors (Lipinski definition) is 0. The van der Waals surface area contributed by atoms with Crippen molar-refractivity contribution in [1.82, 2.24) is 9.13 Å². The Kier molecular flexibility index (Phi) is 6.13. The number of para-hydroxylation sites is 4. The summed E-state index contributed by atoms with van der Waals surface area (Å²) in [5.41, 5.74) is 8.39. The molecule has 4 heterocycles. The minimum atomic E-state index is -0.700. The number of rotatable bonds is 3. The molecule has 0 atom stereocenters. The Hall–Kier alpha value is -7.69. The van der Waals surface area contributed by atoms with E-state index in [1.54, 1.807) is 0 Å². The molecule has 7 heteroatoms. The van der Waals surface area contributed by atoms with Crippen molar-refractivity contribution in [3.8, 4) is 28.6 Å². The largest absolute Gasteiger partial charge is 0.454 e. The van der Waals surface area contributed by atoms with Crippen LogP contribution in [0.5, 0.6) is 0 Å². The highest BCUT2D eigenvalue weighted by Crippen LogP contribution is 2.45. The van der Waals surface area contributed by atoms with Gasteiger partial charge in [0.2, 0.25) is 0 Å². The van der Waals surface area contributed by atoms with Gasteiger partial charge < -0.3 is 18.0 Å². The zero-order chi connectivity index (χ0) is 37.2. The lowest BCUT2D eigenvalue weighted by Crippen LogP contribution is -2.05. The quantitative estimate of drug-likeness (QED) is 0.182. The molecule has 0 unspecified atom stereocenters. The van der Waals surface area contributed by atoms with E-state index in [2.05, 4.69) is 51.6 Å². The summed E-state index contributed by atoms with van der Waals surface area (Å²) in [6.07, 6.45) is 0. The SMILES string of the molecule is N#Cc1c(-n2c3ccccc3c3ccc4c5ccccc5oc4c32)cc(-c2cc(F)cc(F)c2)cc1-n1c2ccccc2c2ccc3c4ccccc4oc3c21. The molecule has 0 N–H and O–H groups in total. The third-order valence-corrected chi connectivity index (χ3v) is 11.2. The predicted molar refractivity (Wildman–Crippen MR) is 220 cm³/mol. The standard InChI is InChI=1S/C49H25F2N3O2/c50-29-21-27(22-30(51)25-29)28-23-42(53-40-13-5-1-9-31(40)35-17-19-37-33-11-3-7-15-44(33)55-48(37)46(35)53)39(26-52)43(24-28)54-41-14-6-2-10-32(41)36-18-20-38-34-12-4-8-16-45(34)56-49(38)47(36)54/h1-25H. The molecule has 0 radical (unpaired) electrons. The van der Waals surface area contributed by atoms with Crippen molar-refractivity contribution in [3.63, 3.8) is 0 Å². The molecular formula is C49H25F2N3O2. The summed E-state index contributed by atoms with van der Waals surface area (Å²) >= 11 is 0. The van der Waals surface area contributed by atoms with Gasteiger partial charge in [0.1, 0.15) is 34.4 Å². The molecule has 0 saturated heterocycles. The Morgan fingerprint density at radius 2 is 0.839 bits per heavy atom. The maximum atomic E-state index is 15.1. The van der Waals surface area contributed by atoms with Crippen LogP contribution in [0.3, 0.4) is 0 Å². The fourth-order valence-electron chi connectivity index (χ4n) is 8.93. The first kappa shape index (κ1) is 30.7. The topological polar surface area (TPSA) is 59.9 Å². The Bertz CT molecular complexity index is 3480. The molecule has 4 aromatic heterocycles. The zero-order valence-electron chi connectivity index (χ0n) is 29.3. The lowest BCUT2D eigenvalue weighted by atomic mass is 9.99. The highest BCUT2D eigenvalue weighted by molar-refractivity contribution is 6.23. The number of aromatic nitrogens is 2. The lowest BCUT2D eigenvalue weighted by Gasteiger charge is -2.18. The molecule has 0 amide bonds. The molecule has 0 fully saturated rings. The van der Waals surface area contributed by atoms with E-state index in [4.69, 9.17) is 8.83 Å². The van der Waals surface area contributed by atoms with E-state index in [1.807, 2.05) is 97.1 Å². The summed E-state index contributed by atoms with van der Waals surface area (Å²) in [5, 5.41) is 19.1. The molecule has 0 aliphatic heterocycles. The second-order valence-electron chi connectivity index (χ2n) is 14.2. The number of nitriles is 1. The van der Waals surface area contributed by atoms with Crippen molar-refractivity contribution in [2.45, 2.75) is 0 Å². The van der Waals surface area contributed by atoms with Crippen molar-refractivity contribution >= 4 is 87.5 Å². The minimum absolute atomic E-state index is 0.332. The fraction of sp³-hybridized carbons (Fsp3) is 0. The third-order valence-electron chi connectivity index (χ3n) is 11.2. The van der Waals surface area contributed by atoms with Crippen LogP contribution in [0.15, 0.2) is 160 Å². The first-order valence-electron chi connectivity index (χ1n) is 18.3. The third kappa shape index (κ3) is 4.10. The number of halogens is 2. The lowest BCUT2D eigenvalue weighted by molar-refractivity contribution is 0.584. The van der Waals surface area contributed by atoms with E-state index >= 15 is 8.78 Å². The molecule has 56 heavy (non-hydrogen) atoms. The monoisotopic (exact) mass is 725 g/mol. The van der Waals surface area contributed by atoms with Crippen LogP contribution in [0.1, 0.15) is 5.56 Å². The maximum absolute atomic E-state index is 15.1. The molecule has 0 aliphatic carbocycles. The van der Waals surface area contributed by atoms with E-state index in [9.17, 15) is 5.26 Å². The maximum Gasteiger partial charge on any atom is 0.160 e. The normalized spacial score (nSPS) is 12.1. The minimum Gasteiger partial charge on any atom is -0.454 e. The summed E-state index contributed by atoms with van der Waals surface area (Å²) < 4.78 is 47.6. The van der Waals surface area contributed by atoms with Gasteiger partial charge in [0.05, 0.1) is 33.4 Å². The van der Waals surface area contributed by atoms with Crippen molar-refractivity contribution in [1.29, 1.82) is 5.26 Å². The first-order valence-corrected chi connectivity index (χ1v) is 18.3. The van der Waals surface area contributed by atoms with Crippen LogP contribution >= 0.6 is 0 Å². The van der Waals surface area contributed by atoms with Crippen LogP contribution in [-0.4, -0.2) is 9.13 Å². The fourth-order valence-corrected chi connectivity index (χ4v) is 8.93. The summed E-state index contributed by atoms with van der Waals surface area (Å²) in [5.74, 6) is -1.40. The molecule has 8 aromatic carbocycles. The smallest absolute Gasteiger partial charge is 0.160 e. The van der Waals surface area contributed by atoms with Crippen molar-refractivity contribution < 1.29 is 17.6 Å². The summed E-state index contributed by atoms with van der Waals surface area (Å²) in [4.78, 5) is 0. The second kappa shape index (κ2) is 11.2. The van der Waals surface area contributed by atoms with E-state index in [0.717, 1.165) is 82.4 Å². The van der Waals surface area contributed by atoms with Crippen molar-refractivity contribution in [3.05, 3.63) is 169 Å². The van der Waals surface area contributed by atoms with Crippen LogP contribution < -0.4 is 0 Å². The number of fused-ring (bicyclic) bond motifs is 14. The number of hydrogen-bond acceptors (Lipinski definition) is 3. The Balaban J connectivity index is 1.30. The van der Waals surface area contributed by atoms with Gasteiger partial charge in [0.15, 0.2) is 11.2 Å². The van der Waals surface area contributed by atoms with Crippen LogP contribution in [0.4, 0.5) is 8.78 Å². The molecule has 0 saturated carbocycles. The summed E-state index contributed by atoms with van der Waals surface area (Å²) in [6.45, 7) is 0. The van der Waals surface area contributed by atoms with E-state index in [1.165, 1.54) is 12.1 Å². The number of furan rings is 2. The Morgan fingerprint density at radius 3 is 1.32 bits per heavy atom. The van der Waals surface area contributed by atoms with Crippen LogP contribution in [0.2, 0.25) is 0 Å². The molecule has 12 aromatic rings. The molecule has 0 spiro atoms. The van der Waals surface area contributed by atoms with Gasteiger partial charge in [-0.05, 0) is 71.8 Å². The Morgan fingerprint density at radius 1 is 0.429 bits per heavy atom. The molecule has 0 aliphatic rings. The molecule has 5 nitrogen and oxygen atoms in total. The molecule has 262 valence electrons. The first-order chi connectivity index (χ1) is 27.6. The van der Waals surface area contributed by atoms with Crippen LogP contribution in [0.25, 0.3) is 110 Å². The van der Waals surface area contributed by atoms with Gasteiger partial charge >= 0.3 is 0 Å². The van der Waals surface area contributed by atoms with Gasteiger partial charge in [0.25, 0.3) is 0 Å². The average Bonchev–Trinajstić information content (AvgIpc) is 3.97. The van der Waals surface area contributed by atoms with Gasteiger partial charge in [-0.25, -0.2) is 8.78 Å². The summed E-state index contributed by atoms with van der Waals surface area (Å²) in [6, 6.07) is 50.2. The zero-order valence-corrected chi connectivity index (χ0v) is 29.3. The summed E-state index contributed by atoms with van der Waals surface area (Å²) in [7, 11) is 0. The van der Waals surface area contributed by atoms with Crippen LogP contribution in [0, 0.1) is 23.0 Å². The second-order valence-corrected chi connectivity index (χ2v) is 14.2. The molecular weight excluding hydrogens is 701 g/mol. The van der Waals surface area contributed by atoms with Gasteiger partial charge in [-0.1, -0.05) is 84.9 Å². The van der Waals surface area contributed by atoms with Crippen LogP contribution in [-0.2, 0) is 0 Å². The van der Waals surface area contributed by atoms with Crippen molar-refractivity contribution in [2.75, 3.05) is 0 Å². The highest BCUT2D eigenvalue weighted by Gasteiger charge is 2.26. The Labute approximate surface area is 316 Å². The van der Waals surface area contributed by atoms with Gasteiger partial charge in [0, 0.05) is 49.2 Å². The van der Waals surface area contributed by atoms with Gasteiger partial charge in [-0.2, -0.15) is 5.26 Å².